The second-order valence-electron chi connectivity index (χ2n) is 8.29. The molecule has 0 aliphatic rings. The van der Waals surface area contributed by atoms with Gasteiger partial charge in [0.2, 0.25) is 0 Å². The topological polar surface area (TPSA) is 27.1 Å². The molecule has 4 aromatic rings. The molecule has 1 heterocycles. The van der Waals surface area contributed by atoms with Gasteiger partial charge in [-0.15, -0.1) is 0 Å². The van der Waals surface area contributed by atoms with E-state index < -0.39 is 0 Å². The fourth-order valence-electron chi connectivity index (χ4n) is 4.03. The van der Waals surface area contributed by atoms with Crippen molar-refractivity contribution in [1.82, 2.24) is 9.78 Å². The minimum absolute atomic E-state index is 0.371. The summed E-state index contributed by atoms with van der Waals surface area (Å²) in [6.07, 6.45) is 6.17. The van der Waals surface area contributed by atoms with Crippen molar-refractivity contribution in [2.75, 3.05) is 0 Å². The van der Waals surface area contributed by atoms with E-state index in [0.29, 0.717) is 22.3 Å². The van der Waals surface area contributed by atoms with E-state index in [1.165, 1.54) is 11.1 Å². The zero-order chi connectivity index (χ0) is 24.1. The number of hydrogen-bond acceptors (Lipinski definition) is 2. The Balaban J connectivity index is 1.60. The molecule has 4 rings (SSSR count). The molecule has 34 heavy (non-hydrogen) atoms. The number of para-hydroxylation sites is 1. The van der Waals surface area contributed by atoms with E-state index in [2.05, 4.69) is 50.3 Å². The number of benzene rings is 3. The van der Waals surface area contributed by atoms with Gasteiger partial charge >= 0.3 is 0 Å². The number of aromatic nitrogens is 2. The van der Waals surface area contributed by atoms with Gasteiger partial charge in [-0.2, -0.15) is 5.10 Å². The van der Waals surface area contributed by atoms with E-state index in [9.17, 15) is 0 Å². The second kappa shape index (κ2) is 10.9. The molecular weight excluding hydrogens is 463 g/mol. The zero-order valence-corrected chi connectivity index (χ0v) is 21.2. The Kier molecular flexibility index (Phi) is 7.77. The zero-order valence-electron chi connectivity index (χ0n) is 19.7. The Hall–Kier alpha value is -3.01. The molecule has 3 aromatic carbocycles. The van der Waals surface area contributed by atoms with E-state index in [4.69, 9.17) is 33.0 Å². The Labute approximate surface area is 211 Å². The second-order valence-corrected chi connectivity index (χ2v) is 9.11. The summed E-state index contributed by atoms with van der Waals surface area (Å²) >= 11 is 13.0. The van der Waals surface area contributed by atoms with Crippen LogP contribution in [0.2, 0.25) is 10.0 Å². The third-order valence-electron chi connectivity index (χ3n) is 5.81. The molecule has 0 amide bonds. The smallest absolute Gasteiger partial charge is 0.131 e. The third-order valence-corrected chi connectivity index (χ3v) is 6.42. The van der Waals surface area contributed by atoms with Crippen molar-refractivity contribution in [3.63, 3.8) is 0 Å². The van der Waals surface area contributed by atoms with Crippen LogP contribution in [-0.4, -0.2) is 9.78 Å². The van der Waals surface area contributed by atoms with Crippen LogP contribution in [0, 0.1) is 13.8 Å². The summed E-state index contributed by atoms with van der Waals surface area (Å²) in [6.45, 7) is 6.65. The largest absolute Gasteiger partial charge is 0.487 e. The SMILES string of the molecule is CCCc1c(C)nn(-c2c(Cl)cccc2Cl)c1COc1ccc(C=Cc2ccccc2)c(C)c1. The van der Waals surface area contributed by atoms with Crippen molar-refractivity contribution in [2.45, 2.75) is 40.2 Å². The minimum atomic E-state index is 0.371. The first-order valence-corrected chi connectivity index (χ1v) is 12.2. The lowest BCUT2D eigenvalue weighted by Gasteiger charge is -2.14. The van der Waals surface area contributed by atoms with E-state index >= 15 is 0 Å². The number of nitrogens with zero attached hydrogens (tertiary/aromatic N) is 2. The summed E-state index contributed by atoms with van der Waals surface area (Å²) in [6, 6.07) is 21.9. The molecule has 0 atom stereocenters. The maximum absolute atomic E-state index is 6.51. The average Bonchev–Trinajstić information content (AvgIpc) is 3.12. The molecule has 0 radical (unpaired) electrons. The molecule has 0 aliphatic heterocycles. The van der Waals surface area contributed by atoms with Crippen LogP contribution in [0.5, 0.6) is 5.75 Å². The maximum Gasteiger partial charge on any atom is 0.131 e. The number of hydrogen-bond donors (Lipinski definition) is 0. The summed E-state index contributed by atoms with van der Waals surface area (Å²) in [5, 5.41) is 5.90. The highest BCUT2D eigenvalue weighted by molar-refractivity contribution is 6.37. The van der Waals surface area contributed by atoms with Crippen molar-refractivity contribution in [3.05, 3.63) is 110 Å². The third kappa shape index (κ3) is 5.38. The lowest BCUT2D eigenvalue weighted by Crippen LogP contribution is -2.09. The summed E-state index contributed by atoms with van der Waals surface area (Å²) in [5.74, 6) is 0.812. The monoisotopic (exact) mass is 490 g/mol. The van der Waals surface area contributed by atoms with Gasteiger partial charge < -0.3 is 4.74 Å². The molecule has 0 N–H and O–H groups in total. The Morgan fingerprint density at radius 2 is 1.65 bits per heavy atom. The quantitative estimate of drug-likeness (QED) is 0.231. The van der Waals surface area contributed by atoms with Crippen molar-refractivity contribution < 1.29 is 4.74 Å². The Bertz CT molecular complexity index is 1290. The van der Waals surface area contributed by atoms with Crippen molar-refractivity contribution in [3.8, 4) is 11.4 Å². The van der Waals surface area contributed by atoms with E-state index in [-0.39, 0.29) is 0 Å². The van der Waals surface area contributed by atoms with Crippen molar-refractivity contribution in [2.24, 2.45) is 0 Å². The summed E-state index contributed by atoms with van der Waals surface area (Å²) < 4.78 is 8.10. The van der Waals surface area contributed by atoms with Gasteiger partial charge in [-0.3, -0.25) is 0 Å². The van der Waals surface area contributed by atoms with Crippen LogP contribution in [-0.2, 0) is 13.0 Å². The van der Waals surface area contributed by atoms with E-state index in [1.807, 2.05) is 54.1 Å². The van der Waals surface area contributed by atoms with Crippen molar-refractivity contribution in [1.29, 1.82) is 0 Å². The van der Waals surface area contributed by atoms with Gasteiger partial charge in [0, 0.05) is 5.56 Å². The van der Waals surface area contributed by atoms with Gasteiger partial charge in [-0.1, -0.05) is 91.2 Å². The first kappa shape index (κ1) is 24.1. The molecule has 0 unspecified atom stereocenters. The van der Waals surface area contributed by atoms with E-state index in [0.717, 1.165) is 41.1 Å². The highest BCUT2D eigenvalue weighted by Gasteiger charge is 2.20. The van der Waals surface area contributed by atoms with Crippen LogP contribution in [0.1, 0.15) is 47.0 Å². The van der Waals surface area contributed by atoms with Crippen LogP contribution < -0.4 is 4.74 Å². The first-order chi connectivity index (χ1) is 16.5. The van der Waals surface area contributed by atoms with Crippen LogP contribution in [0.25, 0.3) is 17.8 Å². The Morgan fingerprint density at radius 1 is 0.912 bits per heavy atom. The number of ether oxygens (including phenoxy) is 1. The van der Waals surface area contributed by atoms with Gasteiger partial charge in [0.05, 0.1) is 21.4 Å². The molecule has 3 nitrogen and oxygen atoms in total. The van der Waals surface area contributed by atoms with E-state index in [1.54, 1.807) is 0 Å². The van der Waals surface area contributed by atoms with Crippen LogP contribution in [0.15, 0.2) is 66.7 Å². The molecular formula is C29H28Cl2N2O. The molecule has 0 saturated heterocycles. The molecule has 174 valence electrons. The van der Waals surface area contributed by atoms with Gasteiger partial charge in [-0.05, 0) is 61.2 Å². The lowest BCUT2D eigenvalue weighted by molar-refractivity contribution is 0.296. The molecule has 5 heteroatoms. The highest BCUT2D eigenvalue weighted by Crippen LogP contribution is 2.32. The summed E-state index contributed by atoms with van der Waals surface area (Å²) in [4.78, 5) is 0. The molecule has 0 spiro atoms. The standard InChI is InChI=1S/C29H28Cl2N2O/c1-4-9-25-21(3)32-33(29-26(30)12-8-13-27(29)31)28(25)19-34-24-17-16-23(20(2)18-24)15-14-22-10-6-5-7-11-22/h5-8,10-18H,4,9,19H2,1-3H3. The number of rotatable bonds is 8. The molecule has 0 aliphatic carbocycles. The minimum Gasteiger partial charge on any atom is -0.487 e. The van der Waals surface area contributed by atoms with Crippen LogP contribution in [0.3, 0.4) is 0 Å². The van der Waals surface area contributed by atoms with Gasteiger partial charge in [-0.25, -0.2) is 4.68 Å². The molecule has 0 bridgehead atoms. The number of aryl methyl sites for hydroxylation is 2. The fourth-order valence-corrected chi connectivity index (χ4v) is 4.59. The summed E-state index contributed by atoms with van der Waals surface area (Å²) in [7, 11) is 0. The normalized spacial score (nSPS) is 11.3. The molecule has 1 aromatic heterocycles. The molecule has 0 saturated carbocycles. The predicted octanol–water partition coefficient (Wildman–Crippen LogP) is 8.50. The molecule has 0 fully saturated rings. The highest BCUT2D eigenvalue weighted by atomic mass is 35.5. The van der Waals surface area contributed by atoms with Gasteiger partial charge in [0.25, 0.3) is 0 Å². The van der Waals surface area contributed by atoms with Crippen molar-refractivity contribution >= 4 is 35.4 Å². The van der Waals surface area contributed by atoms with Crippen LogP contribution in [0.4, 0.5) is 0 Å². The fraction of sp³-hybridized carbons (Fsp3) is 0.207. The van der Waals surface area contributed by atoms with Gasteiger partial charge in [0.15, 0.2) is 0 Å². The maximum atomic E-state index is 6.51. The average molecular weight is 491 g/mol. The van der Waals surface area contributed by atoms with Crippen LogP contribution >= 0.6 is 23.2 Å². The Morgan fingerprint density at radius 3 is 2.32 bits per heavy atom. The summed E-state index contributed by atoms with van der Waals surface area (Å²) in [5.41, 5.74) is 7.29. The lowest BCUT2D eigenvalue weighted by atomic mass is 10.1. The number of halogens is 2. The first-order valence-electron chi connectivity index (χ1n) is 11.5. The predicted molar refractivity (Wildman–Crippen MR) is 143 cm³/mol. The van der Waals surface area contributed by atoms with Gasteiger partial charge in [0.1, 0.15) is 18.0 Å².